The number of rotatable bonds is 3. The summed E-state index contributed by atoms with van der Waals surface area (Å²) in [4.78, 5) is 15.9. The first-order valence-electron chi connectivity index (χ1n) is 7.82. The van der Waals surface area contributed by atoms with Gasteiger partial charge in [-0.1, -0.05) is 36.4 Å². The van der Waals surface area contributed by atoms with Gasteiger partial charge in [0.25, 0.3) is 0 Å². The second-order valence-corrected chi connectivity index (χ2v) is 5.66. The highest BCUT2D eigenvalue weighted by Gasteiger charge is 2.13. The molecule has 0 unspecified atom stereocenters. The number of carbonyl (C=O) groups is 1. The number of aldehydes is 1. The molecule has 0 aliphatic carbocycles. The van der Waals surface area contributed by atoms with Gasteiger partial charge in [0.1, 0.15) is 5.65 Å². The molecular weight excluding hydrogens is 310 g/mol. The Hall–Kier alpha value is -3.71. The highest BCUT2D eigenvalue weighted by atomic mass is 16.1. The lowest BCUT2D eigenvalue weighted by Gasteiger charge is -2.10. The quantitative estimate of drug-likeness (QED) is 0.527. The topological polar surface area (TPSA) is 58.2 Å². The second-order valence-electron chi connectivity index (χ2n) is 5.66. The van der Waals surface area contributed by atoms with E-state index in [1.807, 2.05) is 59.3 Å². The Morgan fingerprint density at radius 1 is 1.00 bits per heavy atom. The minimum absolute atomic E-state index is 0.587. The van der Waals surface area contributed by atoms with Crippen molar-refractivity contribution in [2.24, 2.45) is 0 Å². The van der Waals surface area contributed by atoms with E-state index < -0.39 is 0 Å². The van der Waals surface area contributed by atoms with Gasteiger partial charge in [0.15, 0.2) is 6.29 Å². The molecule has 0 bridgehead atoms. The third-order valence-electron chi connectivity index (χ3n) is 4.23. The summed E-state index contributed by atoms with van der Waals surface area (Å²) in [5, 5.41) is 9.35. The predicted molar refractivity (Wildman–Crippen MR) is 96.2 cm³/mol. The van der Waals surface area contributed by atoms with Crippen LogP contribution in [0.1, 0.15) is 15.9 Å². The lowest BCUT2D eigenvalue weighted by molar-refractivity contribution is 0.112. The van der Waals surface area contributed by atoms with Crippen LogP contribution in [-0.4, -0.2) is 15.7 Å². The molecule has 0 fully saturated rings. The zero-order valence-corrected chi connectivity index (χ0v) is 13.3. The van der Waals surface area contributed by atoms with Gasteiger partial charge < -0.3 is 4.40 Å². The van der Waals surface area contributed by atoms with E-state index in [0.29, 0.717) is 11.1 Å². The molecule has 0 atom stereocenters. The lowest BCUT2D eigenvalue weighted by atomic mass is 9.95. The van der Waals surface area contributed by atoms with Gasteiger partial charge in [-0.05, 0) is 34.9 Å². The average molecular weight is 323 g/mol. The van der Waals surface area contributed by atoms with Crippen LogP contribution in [0.2, 0.25) is 0 Å². The molecular formula is C21H13N3O. The smallest absolute Gasteiger partial charge is 0.150 e. The Bertz CT molecular complexity index is 1140. The number of nitriles is 1. The minimum Gasteiger partial charge on any atom is -0.307 e. The van der Waals surface area contributed by atoms with Crippen molar-refractivity contribution in [2.45, 2.75) is 0 Å². The van der Waals surface area contributed by atoms with Crippen LogP contribution < -0.4 is 0 Å². The summed E-state index contributed by atoms with van der Waals surface area (Å²) in [7, 11) is 0. The standard InChI is InChI=1S/C21H13N3O/c22-13-17-4-1-2-7-19(17)15-5-3-6-16(12-15)20-18(14-25)8-10-24-11-9-23-21(20)24/h1-12,14H. The number of imidazole rings is 1. The first-order valence-corrected chi connectivity index (χ1v) is 7.82. The van der Waals surface area contributed by atoms with Crippen LogP contribution in [-0.2, 0) is 0 Å². The van der Waals surface area contributed by atoms with Crippen molar-refractivity contribution in [3.8, 4) is 28.3 Å². The summed E-state index contributed by atoms with van der Waals surface area (Å²) in [6.07, 6.45) is 6.23. The molecule has 25 heavy (non-hydrogen) atoms. The second kappa shape index (κ2) is 6.06. The molecule has 2 heterocycles. The first kappa shape index (κ1) is 14.9. The zero-order valence-electron chi connectivity index (χ0n) is 13.3. The summed E-state index contributed by atoms with van der Waals surface area (Å²) >= 11 is 0. The minimum atomic E-state index is 0.587. The number of carbonyl (C=O) groups excluding carboxylic acids is 1. The fourth-order valence-electron chi connectivity index (χ4n) is 3.07. The molecule has 2 aromatic carbocycles. The number of pyridine rings is 1. The number of fused-ring (bicyclic) bond motifs is 1. The van der Waals surface area contributed by atoms with Gasteiger partial charge in [-0.3, -0.25) is 4.79 Å². The Morgan fingerprint density at radius 2 is 1.84 bits per heavy atom. The van der Waals surface area contributed by atoms with Gasteiger partial charge in [0.05, 0.1) is 11.6 Å². The third-order valence-corrected chi connectivity index (χ3v) is 4.23. The number of nitrogens with zero attached hydrogens (tertiary/aromatic N) is 3. The molecule has 2 aromatic heterocycles. The van der Waals surface area contributed by atoms with Crippen molar-refractivity contribution in [3.63, 3.8) is 0 Å². The lowest BCUT2D eigenvalue weighted by Crippen LogP contribution is -1.95. The molecule has 4 rings (SSSR count). The van der Waals surface area contributed by atoms with Crippen molar-refractivity contribution >= 4 is 11.9 Å². The number of benzene rings is 2. The molecule has 0 spiro atoms. The van der Waals surface area contributed by atoms with E-state index in [9.17, 15) is 10.1 Å². The number of hydrogen-bond donors (Lipinski definition) is 0. The van der Waals surface area contributed by atoms with Crippen LogP contribution in [0.3, 0.4) is 0 Å². The van der Waals surface area contributed by atoms with Crippen LogP contribution in [0.5, 0.6) is 0 Å². The molecule has 0 N–H and O–H groups in total. The maximum absolute atomic E-state index is 11.5. The average Bonchev–Trinajstić information content (AvgIpc) is 3.16. The van der Waals surface area contributed by atoms with Crippen LogP contribution in [0.15, 0.2) is 73.2 Å². The van der Waals surface area contributed by atoms with Crippen LogP contribution in [0.4, 0.5) is 0 Å². The maximum Gasteiger partial charge on any atom is 0.150 e. The Balaban J connectivity index is 1.96. The summed E-state index contributed by atoms with van der Waals surface area (Å²) in [5.41, 5.74) is 5.42. The monoisotopic (exact) mass is 323 g/mol. The number of hydrogen-bond acceptors (Lipinski definition) is 3. The Kier molecular flexibility index (Phi) is 3.60. The van der Waals surface area contributed by atoms with E-state index in [2.05, 4.69) is 11.1 Å². The van der Waals surface area contributed by atoms with Gasteiger partial charge in [-0.2, -0.15) is 5.26 Å². The van der Waals surface area contributed by atoms with Crippen molar-refractivity contribution in [1.29, 1.82) is 5.26 Å². The largest absolute Gasteiger partial charge is 0.307 e. The molecule has 4 nitrogen and oxygen atoms in total. The van der Waals surface area contributed by atoms with Crippen LogP contribution in [0.25, 0.3) is 27.9 Å². The van der Waals surface area contributed by atoms with E-state index in [1.54, 1.807) is 18.3 Å². The summed E-state index contributed by atoms with van der Waals surface area (Å²) in [5.74, 6) is 0. The SMILES string of the molecule is N#Cc1ccccc1-c1cccc(-c2c(C=O)ccn3ccnc23)c1. The highest BCUT2D eigenvalue weighted by molar-refractivity contribution is 5.94. The third kappa shape index (κ3) is 2.48. The van der Waals surface area contributed by atoms with Crippen LogP contribution in [0, 0.1) is 11.3 Å². The summed E-state index contributed by atoms with van der Waals surface area (Å²) < 4.78 is 1.89. The fourth-order valence-corrected chi connectivity index (χ4v) is 3.07. The number of aromatic nitrogens is 2. The molecule has 0 amide bonds. The summed E-state index contributed by atoms with van der Waals surface area (Å²) in [6, 6.07) is 19.3. The van der Waals surface area contributed by atoms with E-state index in [0.717, 1.165) is 34.2 Å². The van der Waals surface area contributed by atoms with E-state index in [4.69, 9.17) is 0 Å². The van der Waals surface area contributed by atoms with Gasteiger partial charge in [-0.15, -0.1) is 0 Å². The van der Waals surface area contributed by atoms with Crippen molar-refractivity contribution < 1.29 is 4.79 Å². The van der Waals surface area contributed by atoms with Crippen LogP contribution >= 0.6 is 0 Å². The van der Waals surface area contributed by atoms with Crippen molar-refractivity contribution in [3.05, 3.63) is 84.3 Å². The first-order chi connectivity index (χ1) is 12.3. The van der Waals surface area contributed by atoms with E-state index in [1.165, 1.54) is 0 Å². The van der Waals surface area contributed by atoms with Gasteiger partial charge in [0.2, 0.25) is 0 Å². The predicted octanol–water partition coefficient (Wildman–Crippen LogP) is 4.35. The molecule has 0 aliphatic heterocycles. The van der Waals surface area contributed by atoms with Gasteiger partial charge in [0, 0.05) is 29.7 Å². The van der Waals surface area contributed by atoms with Gasteiger partial charge >= 0.3 is 0 Å². The highest BCUT2D eigenvalue weighted by Crippen LogP contribution is 2.31. The van der Waals surface area contributed by atoms with E-state index in [-0.39, 0.29) is 0 Å². The summed E-state index contributed by atoms with van der Waals surface area (Å²) in [6.45, 7) is 0. The van der Waals surface area contributed by atoms with Gasteiger partial charge in [-0.25, -0.2) is 4.98 Å². The van der Waals surface area contributed by atoms with Crippen molar-refractivity contribution in [2.75, 3.05) is 0 Å². The molecule has 118 valence electrons. The van der Waals surface area contributed by atoms with E-state index >= 15 is 0 Å². The molecule has 0 radical (unpaired) electrons. The zero-order chi connectivity index (χ0) is 17.2. The molecule has 4 aromatic rings. The Labute approximate surface area is 144 Å². The molecule has 4 heteroatoms. The normalized spacial score (nSPS) is 10.5. The van der Waals surface area contributed by atoms with Crippen molar-refractivity contribution in [1.82, 2.24) is 9.38 Å². The molecule has 0 saturated carbocycles. The maximum atomic E-state index is 11.5. The molecule has 0 aliphatic rings. The molecule has 0 saturated heterocycles. The fraction of sp³-hybridized carbons (Fsp3) is 0. The Morgan fingerprint density at radius 3 is 2.68 bits per heavy atom.